The van der Waals surface area contributed by atoms with Gasteiger partial charge in [0.2, 0.25) is 0 Å². The van der Waals surface area contributed by atoms with Gasteiger partial charge in [0.1, 0.15) is 24.8 Å². The van der Waals surface area contributed by atoms with Gasteiger partial charge in [-0.1, -0.05) is 57.4 Å². The zero-order valence-electron chi connectivity index (χ0n) is 21.2. The Morgan fingerprint density at radius 2 is 1.89 bits per heavy atom. The van der Waals surface area contributed by atoms with Gasteiger partial charge < -0.3 is 14.6 Å². The lowest BCUT2D eigenvalue weighted by molar-refractivity contribution is -0.140. The molecule has 1 N–H and O–H groups in total. The normalized spacial score (nSPS) is 17.7. The number of hydrogen-bond acceptors (Lipinski definition) is 4. The summed E-state index contributed by atoms with van der Waals surface area (Å²) in [7, 11) is 0. The van der Waals surface area contributed by atoms with Crippen LogP contribution in [0.3, 0.4) is 0 Å². The zero-order valence-corrected chi connectivity index (χ0v) is 21.2. The van der Waals surface area contributed by atoms with Crippen LogP contribution in [0.5, 0.6) is 5.75 Å². The highest BCUT2D eigenvalue weighted by atomic mass is 19.1. The molecule has 2 aromatic carbocycles. The number of hydrogen-bond donors (Lipinski definition) is 1. The van der Waals surface area contributed by atoms with E-state index in [-0.39, 0.29) is 25.6 Å². The summed E-state index contributed by atoms with van der Waals surface area (Å²) < 4.78 is 26.1. The van der Waals surface area contributed by atoms with Crippen LogP contribution in [0.15, 0.2) is 48.6 Å². The van der Waals surface area contributed by atoms with E-state index in [0.717, 1.165) is 24.3 Å². The topological polar surface area (TPSA) is 55.8 Å². The molecule has 0 unspecified atom stereocenters. The lowest BCUT2D eigenvalue weighted by atomic mass is 9.77. The number of carbonyl (C=O) groups excluding carboxylic acids is 1. The van der Waals surface area contributed by atoms with Crippen LogP contribution in [0.1, 0.15) is 82.3 Å². The van der Waals surface area contributed by atoms with Crippen LogP contribution in [0.2, 0.25) is 0 Å². The van der Waals surface area contributed by atoms with Crippen LogP contribution >= 0.6 is 0 Å². The van der Waals surface area contributed by atoms with Gasteiger partial charge in [-0.3, -0.25) is 0 Å². The largest absolute Gasteiger partial charge is 0.491 e. The Bertz CT molecular complexity index is 992. The molecule has 35 heavy (non-hydrogen) atoms. The zero-order chi connectivity index (χ0) is 25.2. The third-order valence-corrected chi connectivity index (χ3v) is 6.95. The predicted molar refractivity (Wildman–Crippen MR) is 138 cm³/mol. The van der Waals surface area contributed by atoms with E-state index in [1.54, 1.807) is 31.2 Å². The fourth-order valence-electron chi connectivity index (χ4n) is 4.91. The maximum Gasteiger partial charge on any atom is 0.333 e. The van der Waals surface area contributed by atoms with Crippen molar-refractivity contribution < 1.29 is 23.8 Å². The molecule has 1 aliphatic rings. The molecule has 0 saturated heterocycles. The molecule has 1 fully saturated rings. The van der Waals surface area contributed by atoms with Crippen LogP contribution in [0.4, 0.5) is 4.39 Å². The molecule has 0 bridgehead atoms. The van der Waals surface area contributed by atoms with Crippen molar-refractivity contribution in [2.24, 2.45) is 5.92 Å². The predicted octanol–water partition coefficient (Wildman–Crippen LogP) is 7.34. The molecule has 1 aliphatic carbocycles. The lowest BCUT2D eigenvalue weighted by Gasteiger charge is -2.29. The van der Waals surface area contributed by atoms with Crippen molar-refractivity contribution in [1.29, 1.82) is 0 Å². The van der Waals surface area contributed by atoms with Gasteiger partial charge >= 0.3 is 5.97 Å². The molecule has 3 rings (SSSR count). The van der Waals surface area contributed by atoms with Gasteiger partial charge in [0, 0.05) is 16.7 Å². The Labute approximate surface area is 209 Å². The van der Waals surface area contributed by atoms with E-state index in [2.05, 4.69) is 19.6 Å². The van der Waals surface area contributed by atoms with Crippen LogP contribution in [0.25, 0.3) is 11.1 Å². The lowest BCUT2D eigenvalue weighted by Crippen LogP contribution is -2.13. The van der Waals surface area contributed by atoms with Gasteiger partial charge in [-0.15, -0.1) is 0 Å². The van der Waals surface area contributed by atoms with Crippen molar-refractivity contribution in [1.82, 2.24) is 0 Å². The number of rotatable bonds is 12. The molecule has 0 aromatic heterocycles. The van der Waals surface area contributed by atoms with Gasteiger partial charge in [-0.25, -0.2) is 9.18 Å². The summed E-state index contributed by atoms with van der Waals surface area (Å²) in [5.41, 5.74) is 3.18. The Morgan fingerprint density at radius 1 is 1.11 bits per heavy atom. The molecule has 0 heterocycles. The number of halogens is 1. The fourth-order valence-corrected chi connectivity index (χ4v) is 4.91. The number of aliphatic hydroxyl groups is 1. The maximum absolute atomic E-state index is 15.3. The number of unbranched alkanes of at least 4 members (excludes halogenated alkanes) is 2. The third kappa shape index (κ3) is 7.66. The Balaban J connectivity index is 1.72. The molecule has 0 spiro atoms. The van der Waals surface area contributed by atoms with Crippen LogP contribution in [-0.4, -0.2) is 24.3 Å². The summed E-state index contributed by atoms with van der Waals surface area (Å²) >= 11 is 0. The fraction of sp³-hybridized carbons (Fsp3) is 0.500. The number of esters is 1. The molecule has 0 aliphatic heterocycles. The van der Waals surface area contributed by atoms with Crippen molar-refractivity contribution in [3.63, 3.8) is 0 Å². The van der Waals surface area contributed by atoms with Crippen LogP contribution < -0.4 is 4.74 Å². The number of aliphatic hydroxyl groups excluding tert-OH is 1. The van der Waals surface area contributed by atoms with E-state index in [1.165, 1.54) is 38.5 Å². The minimum absolute atomic E-state index is 0.0263. The monoisotopic (exact) mass is 482 g/mol. The molecule has 0 atom stereocenters. The average Bonchev–Trinajstić information content (AvgIpc) is 2.86. The maximum atomic E-state index is 15.3. The summed E-state index contributed by atoms with van der Waals surface area (Å²) in [5, 5.41) is 9.10. The van der Waals surface area contributed by atoms with Crippen molar-refractivity contribution in [2.75, 3.05) is 13.2 Å². The number of carbonyl (C=O) groups is 1. The van der Waals surface area contributed by atoms with Gasteiger partial charge in [-0.2, -0.15) is 0 Å². The first-order valence-corrected chi connectivity index (χ1v) is 12.9. The first-order valence-electron chi connectivity index (χ1n) is 12.9. The summed E-state index contributed by atoms with van der Waals surface area (Å²) in [6, 6.07) is 10.9. The molecule has 1 saturated carbocycles. The van der Waals surface area contributed by atoms with Gasteiger partial charge in [0.15, 0.2) is 0 Å². The molecule has 190 valence electrons. The molecule has 5 heteroatoms. The van der Waals surface area contributed by atoms with Crippen LogP contribution in [0, 0.1) is 11.7 Å². The van der Waals surface area contributed by atoms with Crippen molar-refractivity contribution in [3.05, 3.63) is 65.5 Å². The van der Waals surface area contributed by atoms with Gasteiger partial charge in [-0.05, 0) is 73.8 Å². The highest BCUT2D eigenvalue weighted by Crippen LogP contribution is 2.39. The van der Waals surface area contributed by atoms with E-state index in [9.17, 15) is 4.79 Å². The highest BCUT2D eigenvalue weighted by molar-refractivity contribution is 5.87. The Morgan fingerprint density at radius 3 is 2.54 bits per heavy atom. The smallest absolute Gasteiger partial charge is 0.333 e. The number of benzene rings is 2. The quantitative estimate of drug-likeness (QED) is 0.195. The minimum Gasteiger partial charge on any atom is -0.491 e. The summed E-state index contributed by atoms with van der Waals surface area (Å²) in [4.78, 5) is 11.9. The van der Waals surface area contributed by atoms with E-state index >= 15 is 4.39 Å². The molecule has 0 radical (unpaired) electrons. The highest BCUT2D eigenvalue weighted by Gasteiger charge is 2.23. The van der Waals surface area contributed by atoms with Crippen LogP contribution in [-0.2, 0) is 16.1 Å². The summed E-state index contributed by atoms with van der Waals surface area (Å²) in [6.07, 6.45) is 9.97. The van der Waals surface area contributed by atoms with Crippen molar-refractivity contribution in [3.8, 4) is 16.9 Å². The number of ether oxygens (including phenoxy) is 2. The van der Waals surface area contributed by atoms with E-state index in [4.69, 9.17) is 14.6 Å². The Hall–Kier alpha value is -2.66. The summed E-state index contributed by atoms with van der Waals surface area (Å²) in [5.74, 6) is 0.990. The van der Waals surface area contributed by atoms with Gasteiger partial charge in [0.25, 0.3) is 0 Å². The first-order chi connectivity index (χ1) is 16.9. The van der Waals surface area contributed by atoms with E-state index in [1.807, 2.05) is 6.07 Å². The molecular weight excluding hydrogens is 443 g/mol. The first kappa shape index (κ1) is 26.9. The minimum atomic E-state index is -0.501. The molecule has 4 nitrogen and oxygen atoms in total. The second kappa shape index (κ2) is 13.4. The second-order valence-electron chi connectivity index (χ2n) is 9.70. The third-order valence-electron chi connectivity index (χ3n) is 6.95. The molecular formula is C30H39FO4. The molecule has 2 aromatic rings. The second-order valence-corrected chi connectivity index (χ2v) is 9.70. The van der Waals surface area contributed by atoms with E-state index in [0.29, 0.717) is 33.9 Å². The average molecular weight is 483 g/mol. The SMILES string of the molecule is C=C(C)C(=O)OCc1cc(-c2ccc(C3CCC(CCCCC)CC3)cc2F)ccc1OCCO. The summed E-state index contributed by atoms with van der Waals surface area (Å²) in [6.45, 7) is 7.37. The van der Waals surface area contributed by atoms with E-state index < -0.39 is 5.97 Å². The Kier molecular flexibility index (Phi) is 10.3. The standard InChI is InChI=1S/C30H39FO4/c1-4-5-6-7-22-8-10-23(11-9-22)24-12-14-27(28(31)19-24)25-13-15-29(34-17-16-32)26(18-25)20-35-30(33)21(2)3/h12-15,18-19,22-23,32H,2,4-11,16-17,20H2,1,3H3. The van der Waals surface area contributed by atoms with Gasteiger partial charge in [0.05, 0.1) is 6.61 Å². The van der Waals surface area contributed by atoms with Crippen molar-refractivity contribution >= 4 is 5.97 Å². The molecule has 0 amide bonds. The van der Waals surface area contributed by atoms with Crippen molar-refractivity contribution in [2.45, 2.75) is 77.7 Å².